The Morgan fingerprint density at radius 3 is 2.50 bits per heavy atom. The minimum atomic E-state index is -0.399. The lowest BCUT2D eigenvalue weighted by Crippen LogP contribution is -2.64. The van der Waals surface area contributed by atoms with Crippen LogP contribution in [0.5, 0.6) is 0 Å². The number of aryl methyl sites for hydroxylation is 2. The van der Waals surface area contributed by atoms with E-state index in [0.29, 0.717) is 18.4 Å². The lowest BCUT2D eigenvalue weighted by Gasteiger charge is -2.60. The van der Waals surface area contributed by atoms with Crippen molar-refractivity contribution in [2.24, 2.45) is 17.3 Å². The van der Waals surface area contributed by atoms with Crippen molar-refractivity contribution in [2.75, 3.05) is 0 Å². The third kappa shape index (κ3) is 3.04. The second-order valence-corrected chi connectivity index (χ2v) is 9.21. The van der Waals surface area contributed by atoms with Crippen molar-refractivity contribution in [3.05, 3.63) is 34.9 Å². The van der Waals surface area contributed by atoms with Crippen LogP contribution in [0.4, 0.5) is 0 Å². The zero-order chi connectivity index (χ0) is 18.5. The lowest BCUT2D eigenvalue weighted by atomic mass is 9.47. The van der Waals surface area contributed by atoms with Crippen molar-refractivity contribution in [3.8, 4) is 0 Å². The quantitative estimate of drug-likeness (QED) is 0.835. The molecular weight excluding hydrogens is 326 g/mol. The van der Waals surface area contributed by atoms with Crippen LogP contribution in [-0.2, 0) is 20.9 Å². The molecule has 0 spiro atoms. The summed E-state index contributed by atoms with van der Waals surface area (Å²) in [6.07, 6.45) is 5.85. The van der Waals surface area contributed by atoms with Crippen molar-refractivity contribution in [3.63, 3.8) is 0 Å². The highest BCUT2D eigenvalue weighted by Gasteiger charge is 2.61. The third-order valence-electron chi connectivity index (χ3n) is 6.80. The number of hydrogen-bond donors (Lipinski definition) is 1. The van der Waals surface area contributed by atoms with Gasteiger partial charge < -0.3 is 10.1 Å². The topological polar surface area (TPSA) is 55.4 Å². The number of hydrogen-bond acceptors (Lipinski definition) is 3. The van der Waals surface area contributed by atoms with Gasteiger partial charge in [-0.2, -0.15) is 0 Å². The molecule has 0 saturated heterocycles. The van der Waals surface area contributed by atoms with Crippen LogP contribution in [0.25, 0.3) is 0 Å². The van der Waals surface area contributed by atoms with Crippen LogP contribution in [0.1, 0.15) is 62.1 Å². The number of benzene rings is 1. The van der Waals surface area contributed by atoms with Crippen LogP contribution in [0.2, 0.25) is 0 Å². The number of ether oxygens (including phenoxy) is 1. The molecular formula is C22H29NO3. The minimum Gasteiger partial charge on any atom is -0.460 e. The van der Waals surface area contributed by atoms with Gasteiger partial charge in [0.05, 0.1) is 5.41 Å². The summed E-state index contributed by atoms with van der Waals surface area (Å²) in [4.78, 5) is 24.9. The SMILES string of the molecule is CC(=O)NC12CC3CC(C1)CC(C(=O)OCc1cc(C)ccc1C)(C3)C2. The maximum absolute atomic E-state index is 13.2. The number of carbonyl (C=O) groups is 2. The van der Waals surface area contributed by atoms with Crippen molar-refractivity contribution >= 4 is 11.9 Å². The van der Waals surface area contributed by atoms with Crippen LogP contribution >= 0.6 is 0 Å². The second-order valence-electron chi connectivity index (χ2n) is 9.21. The smallest absolute Gasteiger partial charge is 0.312 e. The molecule has 4 aliphatic rings. The molecule has 5 rings (SSSR count). The highest BCUT2D eigenvalue weighted by atomic mass is 16.5. The molecule has 1 N–H and O–H groups in total. The Morgan fingerprint density at radius 1 is 1.15 bits per heavy atom. The minimum absolute atomic E-state index is 0.0193. The molecule has 140 valence electrons. The van der Waals surface area contributed by atoms with E-state index >= 15 is 0 Å². The average molecular weight is 355 g/mol. The van der Waals surface area contributed by atoms with Crippen LogP contribution < -0.4 is 5.32 Å². The van der Waals surface area contributed by atoms with Gasteiger partial charge in [-0.05, 0) is 75.3 Å². The Hall–Kier alpha value is -1.84. The number of carbonyl (C=O) groups excluding carboxylic acids is 2. The van der Waals surface area contributed by atoms with Gasteiger partial charge >= 0.3 is 5.97 Å². The fraction of sp³-hybridized carbons (Fsp3) is 0.636. The van der Waals surface area contributed by atoms with Gasteiger partial charge in [0.2, 0.25) is 5.91 Å². The molecule has 1 amide bonds. The zero-order valence-electron chi connectivity index (χ0n) is 16.1. The van der Waals surface area contributed by atoms with Gasteiger partial charge in [-0.15, -0.1) is 0 Å². The third-order valence-corrected chi connectivity index (χ3v) is 6.80. The maximum atomic E-state index is 13.2. The summed E-state index contributed by atoms with van der Waals surface area (Å²) < 4.78 is 5.85. The van der Waals surface area contributed by atoms with E-state index in [0.717, 1.165) is 43.2 Å². The number of rotatable bonds is 4. The first kappa shape index (κ1) is 17.6. The fourth-order valence-corrected chi connectivity index (χ4v) is 6.27. The Bertz CT molecular complexity index is 740. The summed E-state index contributed by atoms with van der Waals surface area (Å²) in [6.45, 7) is 6.04. The first-order chi connectivity index (χ1) is 12.3. The van der Waals surface area contributed by atoms with Crippen molar-refractivity contribution in [1.29, 1.82) is 0 Å². The predicted octanol–water partition coefficient (Wildman–Crippen LogP) is 3.82. The molecule has 4 saturated carbocycles. The standard InChI is InChI=1S/C22H29NO3/c1-14-4-5-15(2)19(6-14)12-26-20(25)21-8-17-7-18(9-21)11-22(10-17,13-21)23-16(3)24/h4-6,17-18H,7-13H2,1-3H3,(H,23,24). The number of nitrogens with one attached hydrogen (secondary N) is 1. The molecule has 2 atom stereocenters. The summed E-state index contributed by atoms with van der Waals surface area (Å²) in [6, 6.07) is 6.26. The van der Waals surface area contributed by atoms with E-state index in [4.69, 9.17) is 4.74 Å². The van der Waals surface area contributed by atoms with Gasteiger partial charge in [0.25, 0.3) is 0 Å². The molecule has 2 unspecified atom stereocenters. The molecule has 0 aromatic heterocycles. The molecule has 0 aliphatic heterocycles. The fourth-order valence-electron chi connectivity index (χ4n) is 6.27. The van der Waals surface area contributed by atoms with Crippen molar-refractivity contribution in [2.45, 2.75) is 71.4 Å². The number of esters is 1. The molecule has 4 heteroatoms. The van der Waals surface area contributed by atoms with Crippen molar-refractivity contribution in [1.82, 2.24) is 5.32 Å². The summed E-state index contributed by atoms with van der Waals surface area (Å²) in [5.41, 5.74) is 2.84. The summed E-state index contributed by atoms with van der Waals surface area (Å²) in [7, 11) is 0. The van der Waals surface area contributed by atoms with Gasteiger partial charge in [0.1, 0.15) is 6.61 Å². The molecule has 4 nitrogen and oxygen atoms in total. The van der Waals surface area contributed by atoms with Crippen LogP contribution in [0.15, 0.2) is 18.2 Å². The molecule has 0 radical (unpaired) electrons. The molecule has 26 heavy (non-hydrogen) atoms. The van der Waals surface area contributed by atoms with E-state index in [9.17, 15) is 9.59 Å². The molecule has 4 aliphatic carbocycles. The van der Waals surface area contributed by atoms with E-state index in [2.05, 4.69) is 37.4 Å². The first-order valence-electron chi connectivity index (χ1n) is 9.81. The number of amides is 1. The van der Waals surface area contributed by atoms with E-state index in [1.54, 1.807) is 6.92 Å². The Morgan fingerprint density at radius 2 is 1.85 bits per heavy atom. The predicted molar refractivity (Wildman–Crippen MR) is 99.4 cm³/mol. The van der Waals surface area contributed by atoms with Gasteiger partial charge in [-0.3, -0.25) is 9.59 Å². The van der Waals surface area contributed by atoms with Crippen LogP contribution in [0, 0.1) is 31.1 Å². The molecule has 4 bridgehead atoms. The van der Waals surface area contributed by atoms with Gasteiger partial charge in [0, 0.05) is 12.5 Å². The molecule has 1 aromatic rings. The van der Waals surface area contributed by atoms with Crippen LogP contribution in [0.3, 0.4) is 0 Å². The normalized spacial score (nSPS) is 34.6. The zero-order valence-corrected chi connectivity index (χ0v) is 16.1. The molecule has 0 heterocycles. The van der Waals surface area contributed by atoms with E-state index in [-0.39, 0.29) is 17.4 Å². The lowest BCUT2D eigenvalue weighted by molar-refractivity contribution is -0.177. The first-order valence-corrected chi connectivity index (χ1v) is 9.81. The Kier molecular flexibility index (Phi) is 4.13. The Labute approximate surface area is 155 Å². The highest BCUT2D eigenvalue weighted by molar-refractivity contribution is 5.79. The molecule has 4 fully saturated rings. The average Bonchev–Trinajstić information content (AvgIpc) is 2.53. The second kappa shape index (κ2) is 6.11. The van der Waals surface area contributed by atoms with E-state index in [1.165, 1.54) is 12.0 Å². The van der Waals surface area contributed by atoms with Gasteiger partial charge in [-0.1, -0.05) is 23.8 Å². The van der Waals surface area contributed by atoms with Gasteiger partial charge in [0.15, 0.2) is 0 Å². The van der Waals surface area contributed by atoms with Crippen molar-refractivity contribution < 1.29 is 14.3 Å². The summed E-state index contributed by atoms with van der Waals surface area (Å²) >= 11 is 0. The van der Waals surface area contributed by atoms with E-state index in [1.807, 2.05) is 0 Å². The largest absolute Gasteiger partial charge is 0.460 e. The maximum Gasteiger partial charge on any atom is 0.312 e. The molecule has 1 aromatic carbocycles. The highest BCUT2D eigenvalue weighted by Crippen LogP contribution is 2.62. The van der Waals surface area contributed by atoms with Gasteiger partial charge in [-0.25, -0.2) is 0 Å². The summed E-state index contributed by atoms with van der Waals surface area (Å²) in [5, 5.41) is 3.21. The summed E-state index contributed by atoms with van der Waals surface area (Å²) in [5.74, 6) is 1.04. The van der Waals surface area contributed by atoms with E-state index < -0.39 is 5.41 Å². The Balaban J connectivity index is 1.52. The monoisotopic (exact) mass is 355 g/mol. The van der Waals surface area contributed by atoms with Crippen LogP contribution in [-0.4, -0.2) is 17.4 Å².